The van der Waals surface area contributed by atoms with E-state index in [1.165, 1.54) is 193 Å². The first-order valence-corrected chi connectivity index (χ1v) is 32.0. The highest BCUT2D eigenvalue weighted by Gasteiger charge is 2.19. The van der Waals surface area contributed by atoms with Crippen molar-refractivity contribution in [3.05, 3.63) is 72.9 Å². The Hall–Kier alpha value is -3.15. The molecule has 1 atom stereocenters. The molecule has 0 aliphatic heterocycles. The lowest BCUT2D eigenvalue weighted by atomic mass is 10.0. The number of hydrogen-bond donors (Lipinski definition) is 0. The van der Waals surface area contributed by atoms with Crippen molar-refractivity contribution in [2.24, 2.45) is 0 Å². The van der Waals surface area contributed by atoms with Crippen molar-refractivity contribution in [3.63, 3.8) is 0 Å². The monoisotopic (exact) mass is 1030 g/mol. The topological polar surface area (TPSA) is 78.9 Å². The molecule has 0 radical (unpaired) electrons. The van der Waals surface area contributed by atoms with Crippen LogP contribution in [-0.4, -0.2) is 37.2 Å². The lowest BCUT2D eigenvalue weighted by molar-refractivity contribution is -0.167. The number of rotatable bonds is 58. The van der Waals surface area contributed by atoms with E-state index in [0.29, 0.717) is 19.3 Å². The van der Waals surface area contributed by atoms with Crippen molar-refractivity contribution in [1.29, 1.82) is 0 Å². The van der Waals surface area contributed by atoms with Crippen LogP contribution in [0.15, 0.2) is 72.9 Å². The summed E-state index contributed by atoms with van der Waals surface area (Å²) in [7, 11) is 0. The summed E-state index contributed by atoms with van der Waals surface area (Å²) in [6, 6.07) is 0. The number of allylic oxidation sites excluding steroid dienone is 12. The van der Waals surface area contributed by atoms with Crippen LogP contribution in [0.4, 0.5) is 0 Å². The Morgan fingerprint density at radius 1 is 0.297 bits per heavy atom. The molecule has 1 unspecified atom stereocenters. The van der Waals surface area contributed by atoms with E-state index in [2.05, 4.69) is 93.7 Å². The van der Waals surface area contributed by atoms with Crippen molar-refractivity contribution in [3.8, 4) is 0 Å². The highest BCUT2D eigenvalue weighted by atomic mass is 16.6. The maximum atomic E-state index is 12.9. The molecule has 6 nitrogen and oxygen atoms in total. The van der Waals surface area contributed by atoms with Gasteiger partial charge in [-0.05, 0) is 83.5 Å². The average molecular weight is 1030 g/mol. The van der Waals surface area contributed by atoms with E-state index in [1.54, 1.807) is 0 Å². The molecule has 74 heavy (non-hydrogen) atoms. The third-order valence-corrected chi connectivity index (χ3v) is 14.0. The fraction of sp³-hybridized carbons (Fsp3) is 0.779. The van der Waals surface area contributed by atoms with Crippen molar-refractivity contribution >= 4 is 17.9 Å². The van der Waals surface area contributed by atoms with Crippen LogP contribution in [0.25, 0.3) is 0 Å². The van der Waals surface area contributed by atoms with Gasteiger partial charge in [0.05, 0.1) is 0 Å². The first-order chi connectivity index (χ1) is 36.5. The largest absolute Gasteiger partial charge is 0.462 e. The summed E-state index contributed by atoms with van der Waals surface area (Å²) in [6.45, 7) is 6.53. The summed E-state index contributed by atoms with van der Waals surface area (Å²) in [4.78, 5) is 38.3. The van der Waals surface area contributed by atoms with Crippen LogP contribution < -0.4 is 0 Å². The summed E-state index contributed by atoms with van der Waals surface area (Å²) in [5, 5.41) is 0. The molecule has 0 aromatic heterocycles. The molecule has 0 heterocycles. The summed E-state index contributed by atoms with van der Waals surface area (Å²) in [5.41, 5.74) is 0. The molecule has 0 aliphatic rings. The molecule has 0 N–H and O–H groups in total. The van der Waals surface area contributed by atoms with Crippen LogP contribution in [0, 0.1) is 0 Å². The Kier molecular flexibility index (Phi) is 59.7. The first kappa shape index (κ1) is 70.8. The smallest absolute Gasteiger partial charge is 0.306 e. The number of carbonyl (C=O) groups excluding carboxylic acids is 3. The van der Waals surface area contributed by atoms with Crippen LogP contribution in [0.2, 0.25) is 0 Å². The summed E-state index contributed by atoms with van der Waals surface area (Å²) in [5.74, 6) is -0.879. The SMILES string of the molecule is CC/C=C\C/C=C\C/C=C\C/C=C\CCCCCCCCC(=O)OCC(COC(=O)CCCCCCCCCCCCCCCCCCCC)OC(=O)CCCCCCCCCCCC/C=C\C=C/CCCCC. The fourth-order valence-corrected chi connectivity index (χ4v) is 9.19. The third-order valence-electron chi connectivity index (χ3n) is 14.0. The van der Waals surface area contributed by atoms with Crippen molar-refractivity contribution in [2.75, 3.05) is 13.2 Å². The highest BCUT2D eigenvalue weighted by molar-refractivity contribution is 5.71. The zero-order valence-electron chi connectivity index (χ0n) is 49.1. The van der Waals surface area contributed by atoms with Crippen LogP contribution >= 0.6 is 0 Å². The third kappa shape index (κ3) is 59.7. The minimum atomic E-state index is -0.783. The van der Waals surface area contributed by atoms with Crippen molar-refractivity contribution < 1.29 is 28.6 Å². The van der Waals surface area contributed by atoms with Gasteiger partial charge in [0.25, 0.3) is 0 Å². The Morgan fingerprint density at radius 2 is 0.568 bits per heavy atom. The van der Waals surface area contributed by atoms with E-state index in [1.807, 2.05) is 0 Å². The summed E-state index contributed by atoms with van der Waals surface area (Å²) in [6.07, 6.45) is 80.4. The fourth-order valence-electron chi connectivity index (χ4n) is 9.19. The summed E-state index contributed by atoms with van der Waals surface area (Å²) >= 11 is 0. The van der Waals surface area contributed by atoms with Gasteiger partial charge in [-0.1, -0.05) is 293 Å². The second-order valence-electron chi connectivity index (χ2n) is 21.3. The van der Waals surface area contributed by atoms with Gasteiger partial charge in [-0.2, -0.15) is 0 Å². The maximum Gasteiger partial charge on any atom is 0.306 e. The minimum absolute atomic E-state index is 0.0783. The van der Waals surface area contributed by atoms with Gasteiger partial charge in [-0.15, -0.1) is 0 Å². The van der Waals surface area contributed by atoms with Gasteiger partial charge in [0.2, 0.25) is 0 Å². The van der Waals surface area contributed by atoms with E-state index in [-0.39, 0.29) is 31.1 Å². The number of carbonyl (C=O) groups is 3. The van der Waals surface area contributed by atoms with Gasteiger partial charge in [-0.25, -0.2) is 0 Å². The lowest BCUT2D eigenvalue weighted by Crippen LogP contribution is -2.30. The Labute approximate surface area is 459 Å². The average Bonchev–Trinajstić information content (AvgIpc) is 3.40. The van der Waals surface area contributed by atoms with Gasteiger partial charge in [0.15, 0.2) is 6.10 Å². The molecular formula is C68H120O6. The minimum Gasteiger partial charge on any atom is -0.462 e. The van der Waals surface area contributed by atoms with E-state index in [0.717, 1.165) is 89.9 Å². The van der Waals surface area contributed by atoms with Crippen LogP contribution in [0.5, 0.6) is 0 Å². The maximum absolute atomic E-state index is 12.9. The van der Waals surface area contributed by atoms with Gasteiger partial charge in [0.1, 0.15) is 13.2 Å². The predicted molar refractivity (Wildman–Crippen MR) is 321 cm³/mol. The Bertz CT molecular complexity index is 1370. The molecule has 0 saturated carbocycles. The second kappa shape index (κ2) is 62.4. The molecule has 0 amide bonds. The molecule has 0 saturated heterocycles. The van der Waals surface area contributed by atoms with E-state index < -0.39 is 6.10 Å². The second-order valence-corrected chi connectivity index (χ2v) is 21.3. The molecular weight excluding hydrogens is 913 g/mol. The molecule has 0 aromatic rings. The van der Waals surface area contributed by atoms with Crippen LogP contribution in [0.3, 0.4) is 0 Å². The quantitative estimate of drug-likeness (QED) is 0.0199. The van der Waals surface area contributed by atoms with Gasteiger partial charge < -0.3 is 14.2 Å². The Balaban J connectivity index is 4.39. The number of esters is 3. The molecule has 0 spiro atoms. The lowest BCUT2D eigenvalue weighted by Gasteiger charge is -2.18. The van der Waals surface area contributed by atoms with Gasteiger partial charge in [-0.3, -0.25) is 14.4 Å². The zero-order valence-corrected chi connectivity index (χ0v) is 49.1. The normalized spacial score (nSPS) is 12.5. The van der Waals surface area contributed by atoms with Gasteiger partial charge in [0, 0.05) is 19.3 Å². The first-order valence-electron chi connectivity index (χ1n) is 32.0. The molecule has 428 valence electrons. The standard InChI is InChI=1S/C68H120O6/c1-4-7-10-13-16-19-22-25-28-31-34-37-40-43-46-49-52-55-58-61-67(70)73-64-65(63-72-66(69)60-57-54-51-48-45-42-39-36-33-30-27-24-21-18-15-12-9-6-3)74-68(71)62-59-56-53-50-47-44-41-38-35-32-29-26-23-20-17-14-11-8-5-2/h7,10,16-17,19-20,23,25-26,28,34,37,65H,4-6,8-9,11-15,18,21-22,24,27,29-33,35-36,38-64H2,1-3H3/b10-7-,19-16-,20-17-,26-23-,28-25-,37-34-. The molecule has 0 rings (SSSR count). The number of hydrogen-bond acceptors (Lipinski definition) is 6. The molecule has 0 bridgehead atoms. The van der Waals surface area contributed by atoms with E-state index >= 15 is 0 Å². The van der Waals surface area contributed by atoms with Crippen LogP contribution in [-0.2, 0) is 28.6 Å². The number of unbranched alkanes of at least 4 members (excludes halogenated alkanes) is 36. The van der Waals surface area contributed by atoms with Gasteiger partial charge >= 0.3 is 17.9 Å². The Morgan fingerprint density at radius 3 is 0.932 bits per heavy atom. The highest BCUT2D eigenvalue weighted by Crippen LogP contribution is 2.17. The molecule has 6 heteroatoms. The zero-order chi connectivity index (χ0) is 53.6. The summed E-state index contributed by atoms with van der Waals surface area (Å²) < 4.78 is 16.9. The van der Waals surface area contributed by atoms with E-state index in [9.17, 15) is 14.4 Å². The van der Waals surface area contributed by atoms with E-state index in [4.69, 9.17) is 14.2 Å². The number of ether oxygens (including phenoxy) is 3. The molecule has 0 aromatic carbocycles. The van der Waals surface area contributed by atoms with Crippen molar-refractivity contribution in [1.82, 2.24) is 0 Å². The van der Waals surface area contributed by atoms with Crippen molar-refractivity contribution in [2.45, 2.75) is 329 Å². The predicted octanol–water partition coefficient (Wildman–Crippen LogP) is 21.7. The molecule has 0 aliphatic carbocycles. The molecule has 0 fully saturated rings. The van der Waals surface area contributed by atoms with Crippen LogP contribution in [0.1, 0.15) is 323 Å².